The minimum atomic E-state index is 0.228. The van der Waals surface area contributed by atoms with E-state index in [4.69, 9.17) is 4.74 Å². The van der Waals surface area contributed by atoms with Crippen LogP contribution in [0.4, 0.5) is 0 Å². The molecule has 0 aliphatic rings. The van der Waals surface area contributed by atoms with Crippen LogP contribution in [0.1, 0.15) is 36.9 Å². The molecule has 1 aromatic rings. The molecule has 4 nitrogen and oxygen atoms in total. The van der Waals surface area contributed by atoms with Crippen molar-refractivity contribution in [2.24, 2.45) is 0 Å². The molecule has 86 valence electrons. The number of nitrogens with zero attached hydrogens (tertiary/aromatic N) is 2. The molecule has 1 unspecified atom stereocenters. The number of ether oxygens (including phenoxy) is 1. The Kier molecular flexibility index (Phi) is 5.75. The standard InChI is InChI=1S/C10H19N3OS/c1-4-6-14-7-9(11-3)10-8(5-2)12-13-15-10/h9,11H,4-7H2,1-3H3. The molecular formula is C10H19N3OS. The summed E-state index contributed by atoms with van der Waals surface area (Å²) in [5.41, 5.74) is 1.08. The summed E-state index contributed by atoms with van der Waals surface area (Å²) in [6, 6.07) is 0.228. The summed E-state index contributed by atoms with van der Waals surface area (Å²) < 4.78 is 9.53. The second-order valence-electron chi connectivity index (χ2n) is 3.35. The van der Waals surface area contributed by atoms with Crippen molar-refractivity contribution in [3.63, 3.8) is 0 Å². The van der Waals surface area contributed by atoms with Crippen molar-refractivity contribution in [3.05, 3.63) is 10.6 Å². The molecule has 0 aromatic carbocycles. The largest absolute Gasteiger partial charge is 0.379 e. The van der Waals surface area contributed by atoms with Crippen LogP contribution in [0, 0.1) is 0 Å². The topological polar surface area (TPSA) is 47.0 Å². The average Bonchev–Trinajstić information content (AvgIpc) is 2.72. The van der Waals surface area contributed by atoms with Gasteiger partial charge in [0.25, 0.3) is 0 Å². The first-order valence-electron chi connectivity index (χ1n) is 5.39. The van der Waals surface area contributed by atoms with Crippen LogP contribution in [-0.2, 0) is 11.2 Å². The minimum Gasteiger partial charge on any atom is -0.379 e. The highest BCUT2D eigenvalue weighted by atomic mass is 32.1. The first-order chi connectivity index (χ1) is 7.33. The molecule has 0 aliphatic heterocycles. The molecule has 5 heteroatoms. The van der Waals surface area contributed by atoms with Gasteiger partial charge in [0.2, 0.25) is 0 Å². The average molecular weight is 229 g/mol. The Morgan fingerprint density at radius 1 is 1.47 bits per heavy atom. The molecule has 0 spiro atoms. The lowest BCUT2D eigenvalue weighted by molar-refractivity contribution is 0.114. The van der Waals surface area contributed by atoms with Gasteiger partial charge in [0.05, 0.1) is 23.2 Å². The first-order valence-corrected chi connectivity index (χ1v) is 6.16. The van der Waals surface area contributed by atoms with E-state index in [-0.39, 0.29) is 6.04 Å². The molecule has 0 fully saturated rings. The Hall–Kier alpha value is -0.520. The Morgan fingerprint density at radius 3 is 2.87 bits per heavy atom. The normalized spacial score (nSPS) is 13.0. The van der Waals surface area contributed by atoms with Crippen LogP contribution < -0.4 is 5.32 Å². The molecule has 1 heterocycles. The van der Waals surface area contributed by atoms with Crippen molar-refractivity contribution in [3.8, 4) is 0 Å². The summed E-state index contributed by atoms with van der Waals surface area (Å²) in [6.07, 6.45) is 1.98. The summed E-state index contributed by atoms with van der Waals surface area (Å²) in [5, 5.41) is 7.35. The second-order valence-corrected chi connectivity index (χ2v) is 4.14. The molecule has 0 saturated carbocycles. The zero-order valence-electron chi connectivity index (χ0n) is 9.62. The number of aromatic nitrogens is 2. The third-order valence-electron chi connectivity index (χ3n) is 2.22. The smallest absolute Gasteiger partial charge is 0.0801 e. The number of likely N-dealkylation sites (N-methyl/N-ethyl adjacent to an activating group) is 1. The predicted octanol–water partition coefficient (Wildman–Crippen LogP) is 1.79. The Bertz CT molecular complexity index is 277. The second kappa shape index (κ2) is 6.87. The van der Waals surface area contributed by atoms with Crippen LogP contribution in [0.15, 0.2) is 0 Å². The summed E-state index contributed by atoms with van der Waals surface area (Å²) >= 11 is 1.46. The van der Waals surface area contributed by atoms with Gasteiger partial charge < -0.3 is 10.1 Å². The summed E-state index contributed by atoms with van der Waals surface area (Å²) in [5.74, 6) is 0. The van der Waals surface area contributed by atoms with E-state index in [1.54, 1.807) is 0 Å². The van der Waals surface area contributed by atoms with E-state index in [9.17, 15) is 0 Å². The fourth-order valence-corrected chi connectivity index (χ4v) is 2.19. The van der Waals surface area contributed by atoms with E-state index < -0.39 is 0 Å². The van der Waals surface area contributed by atoms with Gasteiger partial charge in [0.1, 0.15) is 0 Å². The molecule has 1 rings (SSSR count). The third kappa shape index (κ3) is 3.52. The Labute approximate surface area is 95.2 Å². The van der Waals surface area contributed by atoms with Gasteiger partial charge >= 0.3 is 0 Å². The molecule has 0 saturated heterocycles. The van der Waals surface area contributed by atoms with Crippen molar-refractivity contribution in [2.75, 3.05) is 20.3 Å². The Balaban J connectivity index is 2.57. The molecule has 0 bridgehead atoms. The molecule has 1 atom stereocenters. The van der Waals surface area contributed by atoms with Crippen molar-refractivity contribution >= 4 is 11.5 Å². The molecular weight excluding hydrogens is 210 g/mol. The van der Waals surface area contributed by atoms with Crippen molar-refractivity contribution in [1.82, 2.24) is 14.9 Å². The Morgan fingerprint density at radius 2 is 2.27 bits per heavy atom. The zero-order chi connectivity index (χ0) is 11.1. The fourth-order valence-electron chi connectivity index (χ4n) is 1.36. The summed E-state index contributed by atoms with van der Waals surface area (Å²) in [4.78, 5) is 1.20. The molecule has 0 radical (unpaired) electrons. The number of hydrogen-bond acceptors (Lipinski definition) is 5. The van der Waals surface area contributed by atoms with Gasteiger partial charge in [-0.2, -0.15) is 0 Å². The molecule has 1 N–H and O–H groups in total. The lowest BCUT2D eigenvalue weighted by atomic mass is 10.2. The number of hydrogen-bond donors (Lipinski definition) is 1. The fraction of sp³-hybridized carbons (Fsp3) is 0.800. The highest BCUT2D eigenvalue weighted by Crippen LogP contribution is 2.20. The maximum absolute atomic E-state index is 5.55. The maximum Gasteiger partial charge on any atom is 0.0801 e. The van der Waals surface area contributed by atoms with Gasteiger partial charge in [0.15, 0.2) is 0 Å². The molecule has 0 aliphatic carbocycles. The quantitative estimate of drug-likeness (QED) is 0.724. The monoisotopic (exact) mass is 229 g/mol. The molecule has 15 heavy (non-hydrogen) atoms. The van der Waals surface area contributed by atoms with E-state index in [0.29, 0.717) is 6.61 Å². The zero-order valence-corrected chi connectivity index (χ0v) is 10.4. The first kappa shape index (κ1) is 12.5. The van der Waals surface area contributed by atoms with Crippen LogP contribution in [0.25, 0.3) is 0 Å². The van der Waals surface area contributed by atoms with Crippen LogP contribution >= 0.6 is 11.5 Å². The van der Waals surface area contributed by atoms with E-state index in [0.717, 1.165) is 25.1 Å². The maximum atomic E-state index is 5.55. The highest BCUT2D eigenvalue weighted by molar-refractivity contribution is 7.05. The van der Waals surface area contributed by atoms with E-state index in [1.165, 1.54) is 16.4 Å². The van der Waals surface area contributed by atoms with Crippen LogP contribution in [0.3, 0.4) is 0 Å². The highest BCUT2D eigenvalue weighted by Gasteiger charge is 2.16. The van der Waals surface area contributed by atoms with Crippen LogP contribution in [0.2, 0.25) is 0 Å². The van der Waals surface area contributed by atoms with Crippen LogP contribution in [-0.4, -0.2) is 29.8 Å². The molecule has 1 aromatic heterocycles. The third-order valence-corrected chi connectivity index (χ3v) is 3.10. The van der Waals surface area contributed by atoms with Gasteiger partial charge in [0, 0.05) is 6.61 Å². The van der Waals surface area contributed by atoms with Gasteiger partial charge in [-0.3, -0.25) is 0 Å². The number of rotatable bonds is 7. The van der Waals surface area contributed by atoms with Crippen molar-refractivity contribution < 1.29 is 4.74 Å². The van der Waals surface area contributed by atoms with Crippen molar-refractivity contribution in [2.45, 2.75) is 32.7 Å². The number of aryl methyl sites for hydroxylation is 1. The van der Waals surface area contributed by atoms with Crippen LogP contribution in [0.5, 0.6) is 0 Å². The lowest BCUT2D eigenvalue weighted by Crippen LogP contribution is -2.22. The van der Waals surface area contributed by atoms with Crippen molar-refractivity contribution in [1.29, 1.82) is 0 Å². The van der Waals surface area contributed by atoms with Gasteiger partial charge in [-0.15, -0.1) is 5.10 Å². The van der Waals surface area contributed by atoms with Gasteiger partial charge in [-0.05, 0) is 31.4 Å². The van der Waals surface area contributed by atoms with E-state index >= 15 is 0 Å². The molecule has 0 amide bonds. The minimum absolute atomic E-state index is 0.228. The lowest BCUT2D eigenvalue weighted by Gasteiger charge is -2.14. The van der Waals surface area contributed by atoms with Gasteiger partial charge in [-0.25, -0.2) is 0 Å². The summed E-state index contributed by atoms with van der Waals surface area (Å²) in [7, 11) is 1.94. The number of nitrogens with one attached hydrogen (secondary N) is 1. The van der Waals surface area contributed by atoms with E-state index in [2.05, 4.69) is 28.8 Å². The van der Waals surface area contributed by atoms with E-state index in [1.807, 2.05) is 7.05 Å². The predicted molar refractivity (Wildman–Crippen MR) is 62.2 cm³/mol. The summed E-state index contributed by atoms with van der Waals surface area (Å²) in [6.45, 7) is 5.72. The SMILES string of the molecule is CCCOCC(NC)c1snnc1CC. The van der Waals surface area contributed by atoms with Gasteiger partial charge in [-0.1, -0.05) is 18.3 Å².